The zero-order chi connectivity index (χ0) is 31.0. The molecule has 0 unspecified atom stereocenters. The van der Waals surface area contributed by atoms with Crippen LogP contribution in [0.5, 0.6) is 0 Å². The van der Waals surface area contributed by atoms with Crippen molar-refractivity contribution in [3.8, 4) is 0 Å². The first-order chi connectivity index (χ1) is 20.5. The van der Waals surface area contributed by atoms with Gasteiger partial charge in [-0.2, -0.15) is 0 Å². The SMILES string of the molecule is Cc1ccccc1CN(C(=O)CCCN(c1ccc(F)c(F)c1)S(C)(=O)=O)[C@@H](Cc1ccccc1)C(=O)NC1CCCC1. The van der Waals surface area contributed by atoms with Crippen molar-refractivity contribution in [1.82, 2.24) is 10.2 Å². The Morgan fingerprint density at radius 2 is 1.63 bits per heavy atom. The van der Waals surface area contributed by atoms with Gasteiger partial charge in [0.1, 0.15) is 6.04 Å². The van der Waals surface area contributed by atoms with Crippen molar-refractivity contribution in [1.29, 1.82) is 0 Å². The van der Waals surface area contributed by atoms with Gasteiger partial charge in [-0.05, 0) is 55.0 Å². The third kappa shape index (κ3) is 8.86. The fraction of sp³-hybridized carbons (Fsp3) is 0.394. The van der Waals surface area contributed by atoms with Gasteiger partial charge in [-0.1, -0.05) is 67.4 Å². The second-order valence-electron chi connectivity index (χ2n) is 11.2. The first-order valence-electron chi connectivity index (χ1n) is 14.6. The highest BCUT2D eigenvalue weighted by Gasteiger charge is 2.32. The van der Waals surface area contributed by atoms with Crippen molar-refractivity contribution in [2.45, 2.75) is 70.5 Å². The molecule has 10 heteroatoms. The van der Waals surface area contributed by atoms with E-state index in [0.29, 0.717) is 6.42 Å². The van der Waals surface area contributed by atoms with Crippen molar-refractivity contribution in [2.24, 2.45) is 0 Å². The highest BCUT2D eigenvalue weighted by atomic mass is 32.2. The number of sulfonamides is 1. The first kappa shape index (κ1) is 32.1. The van der Waals surface area contributed by atoms with E-state index < -0.39 is 27.7 Å². The van der Waals surface area contributed by atoms with Gasteiger partial charge in [0.05, 0.1) is 11.9 Å². The molecule has 0 bridgehead atoms. The summed E-state index contributed by atoms with van der Waals surface area (Å²) in [6.45, 7) is 2.04. The second kappa shape index (κ2) is 14.6. The number of carbonyl (C=O) groups is 2. The maximum atomic E-state index is 14.0. The summed E-state index contributed by atoms with van der Waals surface area (Å²) in [6, 6.07) is 19.4. The molecule has 1 saturated carbocycles. The molecule has 43 heavy (non-hydrogen) atoms. The molecule has 3 aromatic rings. The minimum absolute atomic E-state index is 0.0245. The van der Waals surface area contributed by atoms with Crippen LogP contribution < -0.4 is 9.62 Å². The Bertz CT molecular complexity index is 1510. The molecule has 7 nitrogen and oxygen atoms in total. The molecule has 1 aliphatic carbocycles. The Balaban J connectivity index is 1.59. The van der Waals surface area contributed by atoms with Gasteiger partial charge in [0.25, 0.3) is 0 Å². The van der Waals surface area contributed by atoms with Gasteiger partial charge in [-0.25, -0.2) is 17.2 Å². The first-order valence-corrected chi connectivity index (χ1v) is 16.5. The Morgan fingerprint density at radius 1 is 0.953 bits per heavy atom. The number of nitrogens with zero attached hydrogens (tertiary/aromatic N) is 2. The van der Waals surface area contributed by atoms with E-state index in [1.54, 1.807) is 4.90 Å². The fourth-order valence-corrected chi connectivity index (χ4v) is 6.49. The second-order valence-corrected chi connectivity index (χ2v) is 13.1. The number of carbonyl (C=O) groups excluding carboxylic acids is 2. The van der Waals surface area contributed by atoms with E-state index in [1.165, 1.54) is 6.07 Å². The standard InChI is InChI=1S/C33H39F2N3O4S/c1-24-11-6-7-14-26(24)23-37(31(21-25-12-4-3-5-13-25)33(40)36-27-15-8-9-16-27)32(39)17-10-20-38(43(2,41)42)28-18-19-29(34)30(35)22-28/h3-7,11-14,18-19,22,27,31H,8-10,15-17,20-21,23H2,1-2H3,(H,36,40)/t31-/m0/s1. The molecule has 0 aliphatic heterocycles. The van der Waals surface area contributed by atoms with E-state index in [1.807, 2.05) is 61.5 Å². The third-order valence-corrected chi connectivity index (χ3v) is 9.11. The highest BCUT2D eigenvalue weighted by molar-refractivity contribution is 7.92. The van der Waals surface area contributed by atoms with Gasteiger partial charge in [0.15, 0.2) is 11.6 Å². The minimum Gasteiger partial charge on any atom is -0.352 e. The Hall–Kier alpha value is -3.79. The number of amides is 2. The van der Waals surface area contributed by atoms with E-state index in [9.17, 15) is 26.8 Å². The van der Waals surface area contributed by atoms with E-state index in [-0.39, 0.29) is 49.5 Å². The maximum absolute atomic E-state index is 14.0. The summed E-state index contributed by atoms with van der Waals surface area (Å²) in [7, 11) is -3.85. The summed E-state index contributed by atoms with van der Waals surface area (Å²) in [6.07, 6.45) is 5.26. The smallest absolute Gasteiger partial charge is 0.243 e. The lowest BCUT2D eigenvalue weighted by atomic mass is 10.0. The van der Waals surface area contributed by atoms with E-state index >= 15 is 0 Å². The van der Waals surface area contributed by atoms with Crippen LogP contribution in [0.15, 0.2) is 72.8 Å². The zero-order valence-electron chi connectivity index (χ0n) is 24.6. The molecule has 2 amide bonds. The van der Waals surface area contributed by atoms with Crippen LogP contribution in [0.25, 0.3) is 0 Å². The molecule has 0 aromatic heterocycles. The Labute approximate surface area is 252 Å². The predicted octanol–water partition coefficient (Wildman–Crippen LogP) is 5.52. The normalized spacial score (nSPS) is 14.3. The van der Waals surface area contributed by atoms with E-state index in [4.69, 9.17) is 0 Å². The van der Waals surface area contributed by atoms with Crippen LogP contribution in [0.3, 0.4) is 0 Å². The van der Waals surface area contributed by atoms with Crippen molar-refractivity contribution in [2.75, 3.05) is 17.1 Å². The fourth-order valence-electron chi connectivity index (χ4n) is 5.54. The highest BCUT2D eigenvalue weighted by Crippen LogP contribution is 2.24. The lowest BCUT2D eigenvalue weighted by molar-refractivity contribution is -0.141. The lowest BCUT2D eigenvalue weighted by Crippen LogP contribution is -2.52. The van der Waals surface area contributed by atoms with Gasteiger partial charge in [0.2, 0.25) is 21.8 Å². The number of rotatable bonds is 13. The number of nitrogens with one attached hydrogen (secondary N) is 1. The van der Waals surface area contributed by atoms with Crippen LogP contribution in [0, 0.1) is 18.6 Å². The van der Waals surface area contributed by atoms with Crippen LogP contribution >= 0.6 is 0 Å². The number of halogens is 2. The number of aryl methyl sites for hydroxylation is 1. The lowest BCUT2D eigenvalue weighted by Gasteiger charge is -2.33. The Kier molecular flexibility index (Phi) is 10.9. The molecule has 0 radical (unpaired) electrons. The van der Waals surface area contributed by atoms with Crippen LogP contribution in [-0.2, 0) is 32.6 Å². The molecule has 230 valence electrons. The third-order valence-electron chi connectivity index (χ3n) is 7.92. The molecule has 1 N–H and O–H groups in total. The van der Waals surface area contributed by atoms with Crippen LogP contribution in [0.2, 0.25) is 0 Å². The summed E-state index contributed by atoms with van der Waals surface area (Å²) in [5.41, 5.74) is 2.78. The predicted molar refractivity (Wildman–Crippen MR) is 164 cm³/mol. The van der Waals surface area contributed by atoms with Gasteiger partial charge in [-0.3, -0.25) is 13.9 Å². The van der Waals surface area contributed by atoms with Crippen molar-refractivity contribution < 1.29 is 26.8 Å². The van der Waals surface area contributed by atoms with Gasteiger partial charge < -0.3 is 10.2 Å². The molecule has 0 spiro atoms. The van der Waals surface area contributed by atoms with E-state index in [2.05, 4.69) is 5.32 Å². The largest absolute Gasteiger partial charge is 0.352 e. The van der Waals surface area contributed by atoms with Crippen molar-refractivity contribution in [3.05, 3.63) is 101 Å². The van der Waals surface area contributed by atoms with Crippen LogP contribution in [0.4, 0.5) is 14.5 Å². The van der Waals surface area contributed by atoms with Crippen molar-refractivity contribution >= 4 is 27.5 Å². The quantitative estimate of drug-likeness (QED) is 0.276. The number of hydrogen-bond acceptors (Lipinski definition) is 4. The monoisotopic (exact) mass is 611 g/mol. The molecule has 0 heterocycles. The summed E-state index contributed by atoms with van der Waals surface area (Å²) < 4.78 is 53.5. The molecule has 4 rings (SSSR count). The summed E-state index contributed by atoms with van der Waals surface area (Å²) in [5.74, 6) is -2.76. The van der Waals surface area contributed by atoms with Gasteiger partial charge in [0, 0.05) is 38.0 Å². The van der Waals surface area contributed by atoms with Crippen LogP contribution in [-0.4, -0.2) is 50.0 Å². The average Bonchev–Trinajstić information content (AvgIpc) is 3.48. The summed E-state index contributed by atoms with van der Waals surface area (Å²) in [5, 5.41) is 3.17. The van der Waals surface area contributed by atoms with Gasteiger partial charge >= 0.3 is 0 Å². The topological polar surface area (TPSA) is 86.8 Å². The molecular formula is C33H39F2N3O4S. The van der Waals surface area contributed by atoms with E-state index in [0.717, 1.165) is 65.1 Å². The number of anilines is 1. The summed E-state index contributed by atoms with van der Waals surface area (Å²) in [4.78, 5) is 29.4. The average molecular weight is 612 g/mol. The Morgan fingerprint density at radius 3 is 2.28 bits per heavy atom. The zero-order valence-corrected chi connectivity index (χ0v) is 25.5. The van der Waals surface area contributed by atoms with Crippen molar-refractivity contribution in [3.63, 3.8) is 0 Å². The molecule has 1 atom stereocenters. The molecule has 1 aliphatic rings. The number of benzene rings is 3. The van der Waals surface area contributed by atoms with Crippen LogP contribution in [0.1, 0.15) is 55.2 Å². The van der Waals surface area contributed by atoms with Gasteiger partial charge in [-0.15, -0.1) is 0 Å². The summed E-state index contributed by atoms with van der Waals surface area (Å²) >= 11 is 0. The molecular weight excluding hydrogens is 572 g/mol. The molecule has 3 aromatic carbocycles. The maximum Gasteiger partial charge on any atom is 0.243 e. The molecule has 0 saturated heterocycles. The molecule has 1 fully saturated rings. The minimum atomic E-state index is -3.85. The number of hydrogen-bond donors (Lipinski definition) is 1.